The van der Waals surface area contributed by atoms with Gasteiger partial charge in [0.15, 0.2) is 17.3 Å². The first-order valence-corrected chi connectivity index (χ1v) is 10.8. The van der Waals surface area contributed by atoms with Gasteiger partial charge in [0, 0.05) is 37.8 Å². The molecule has 1 fully saturated rings. The van der Waals surface area contributed by atoms with Gasteiger partial charge in [-0.3, -0.25) is 4.79 Å². The number of anilines is 1. The van der Waals surface area contributed by atoms with Crippen LogP contribution < -0.4 is 19.1 Å². The Morgan fingerprint density at radius 2 is 1.73 bits per heavy atom. The van der Waals surface area contributed by atoms with E-state index in [1.807, 2.05) is 65.6 Å². The van der Waals surface area contributed by atoms with Crippen LogP contribution in [0.1, 0.15) is 5.56 Å². The molecule has 0 saturated carbocycles. The Morgan fingerprint density at radius 3 is 2.45 bits per heavy atom. The molecule has 168 valence electrons. The molecule has 0 radical (unpaired) electrons. The summed E-state index contributed by atoms with van der Waals surface area (Å²) in [7, 11) is 1.63. The molecular weight excluding hydrogens is 420 g/mol. The number of methoxy groups -OCH3 is 1. The molecule has 0 spiro atoms. The molecule has 3 heterocycles. The Hall–Kier alpha value is -4.07. The summed E-state index contributed by atoms with van der Waals surface area (Å²) >= 11 is 0. The Kier molecular flexibility index (Phi) is 5.80. The van der Waals surface area contributed by atoms with Crippen LogP contribution in [0.15, 0.2) is 60.7 Å². The number of hydrogen-bond donors (Lipinski definition) is 0. The Morgan fingerprint density at radius 1 is 0.939 bits per heavy atom. The average molecular weight is 444 g/mol. The van der Waals surface area contributed by atoms with E-state index in [-0.39, 0.29) is 12.7 Å². The quantitative estimate of drug-likeness (QED) is 0.559. The fourth-order valence-electron chi connectivity index (χ4n) is 3.85. The second-order valence-electron chi connectivity index (χ2n) is 7.76. The number of carbonyl (C=O) groups excluding carboxylic acids is 1. The highest BCUT2D eigenvalue weighted by Crippen LogP contribution is 2.35. The van der Waals surface area contributed by atoms with Crippen molar-refractivity contribution >= 4 is 17.8 Å². The maximum absolute atomic E-state index is 12.6. The van der Waals surface area contributed by atoms with Crippen molar-refractivity contribution in [3.05, 3.63) is 66.2 Å². The van der Waals surface area contributed by atoms with Crippen molar-refractivity contribution in [2.45, 2.75) is 0 Å². The predicted molar refractivity (Wildman–Crippen MR) is 124 cm³/mol. The zero-order valence-corrected chi connectivity index (χ0v) is 18.3. The third-order valence-electron chi connectivity index (χ3n) is 5.77. The van der Waals surface area contributed by atoms with Gasteiger partial charge in [0.2, 0.25) is 12.7 Å². The highest BCUT2D eigenvalue weighted by molar-refractivity contribution is 5.92. The molecule has 0 bridgehead atoms. The van der Waals surface area contributed by atoms with Gasteiger partial charge >= 0.3 is 0 Å². The van der Waals surface area contributed by atoms with Gasteiger partial charge in [-0.05, 0) is 54.1 Å². The second kappa shape index (κ2) is 9.20. The number of benzene rings is 2. The maximum atomic E-state index is 12.6. The van der Waals surface area contributed by atoms with Crippen molar-refractivity contribution in [2.24, 2.45) is 0 Å². The van der Waals surface area contributed by atoms with Crippen LogP contribution >= 0.6 is 0 Å². The smallest absolute Gasteiger partial charge is 0.246 e. The van der Waals surface area contributed by atoms with Gasteiger partial charge in [-0.1, -0.05) is 12.1 Å². The summed E-state index contributed by atoms with van der Waals surface area (Å²) in [5.74, 6) is 3.08. The second-order valence-corrected chi connectivity index (χ2v) is 7.76. The van der Waals surface area contributed by atoms with Crippen molar-refractivity contribution in [1.29, 1.82) is 0 Å². The molecule has 8 nitrogen and oxygen atoms in total. The topological polar surface area (TPSA) is 77.0 Å². The molecule has 8 heteroatoms. The molecule has 2 aliphatic heterocycles. The number of fused-ring (bicyclic) bond motifs is 1. The van der Waals surface area contributed by atoms with Crippen LogP contribution in [0.25, 0.3) is 17.3 Å². The monoisotopic (exact) mass is 444 g/mol. The van der Waals surface area contributed by atoms with Crippen molar-refractivity contribution in [3.63, 3.8) is 0 Å². The Labute approximate surface area is 192 Å². The SMILES string of the molecule is COc1ccc(/C=C/C(=O)N2CCN(c3ccc(-c4ccc5c(c4)OCO5)nn3)CC2)cc1. The number of aromatic nitrogens is 2. The van der Waals surface area contributed by atoms with E-state index < -0.39 is 0 Å². The fraction of sp³-hybridized carbons (Fsp3) is 0.240. The average Bonchev–Trinajstić information content (AvgIpc) is 3.36. The Bertz CT molecular complexity index is 1150. The van der Waals surface area contributed by atoms with Crippen molar-refractivity contribution in [2.75, 3.05) is 45.0 Å². The van der Waals surface area contributed by atoms with E-state index in [9.17, 15) is 4.79 Å². The number of amides is 1. The van der Waals surface area contributed by atoms with E-state index in [0.717, 1.165) is 39.9 Å². The Balaban J connectivity index is 1.17. The van der Waals surface area contributed by atoms with E-state index in [4.69, 9.17) is 14.2 Å². The fourth-order valence-corrected chi connectivity index (χ4v) is 3.85. The molecule has 0 atom stereocenters. The molecule has 2 aliphatic rings. The number of rotatable bonds is 5. The van der Waals surface area contributed by atoms with Crippen LogP contribution in [0.4, 0.5) is 5.82 Å². The molecule has 0 N–H and O–H groups in total. The molecule has 0 aliphatic carbocycles. The molecule has 1 aromatic heterocycles. The van der Waals surface area contributed by atoms with Crippen LogP contribution in [0.2, 0.25) is 0 Å². The molecule has 5 rings (SSSR count). The number of carbonyl (C=O) groups is 1. The summed E-state index contributed by atoms with van der Waals surface area (Å²) in [6.07, 6.45) is 3.45. The third kappa shape index (κ3) is 4.59. The van der Waals surface area contributed by atoms with Gasteiger partial charge in [-0.2, -0.15) is 0 Å². The summed E-state index contributed by atoms with van der Waals surface area (Å²) in [5.41, 5.74) is 2.66. The van der Waals surface area contributed by atoms with Gasteiger partial charge in [0.25, 0.3) is 0 Å². The molecule has 2 aromatic carbocycles. The van der Waals surface area contributed by atoms with E-state index in [0.29, 0.717) is 26.2 Å². The van der Waals surface area contributed by atoms with E-state index >= 15 is 0 Å². The van der Waals surface area contributed by atoms with Crippen LogP contribution in [0, 0.1) is 0 Å². The van der Waals surface area contributed by atoms with Gasteiger partial charge in [0.05, 0.1) is 12.8 Å². The summed E-state index contributed by atoms with van der Waals surface area (Å²) in [6, 6.07) is 17.3. The molecule has 1 amide bonds. The van der Waals surface area contributed by atoms with Crippen LogP contribution in [-0.2, 0) is 4.79 Å². The van der Waals surface area contributed by atoms with E-state index in [2.05, 4.69) is 15.1 Å². The minimum atomic E-state index is 0.00899. The molecule has 3 aromatic rings. The lowest BCUT2D eigenvalue weighted by Crippen LogP contribution is -2.48. The van der Waals surface area contributed by atoms with Crippen LogP contribution in [-0.4, -0.2) is 61.1 Å². The summed E-state index contributed by atoms with van der Waals surface area (Å²) in [5, 5.41) is 8.80. The standard InChI is InChI=1S/C25H24N4O4/c1-31-20-6-2-18(3-7-20)4-11-25(30)29-14-12-28(13-15-29)24-10-8-21(26-27-24)19-5-9-22-23(16-19)33-17-32-22/h2-11,16H,12-15,17H2,1H3/b11-4+. The lowest BCUT2D eigenvalue weighted by atomic mass is 10.1. The predicted octanol–water partition coefficient (Wildman–Crippen LogP) is 3.24. The molecular formula is C25H24N4O4. The first-order chi connectivity index (χ1) is 16.2. The summed E-state index contributed by atoms with van der Waals surface area (Å²) in [6.45, 7) is 2.93. The maximum Gasteiger partial charge on any atom is 0.246 e. The van der Waals surface area contributed by atoms with E-state index in [1.165, 1.54) is 0 Å². The third-order valence-corrected chi connectivity index (χ3v) is 5.77. The number of hydrogen-bond acceptors (Lipinski definition) is 7. The normalized spacial score (nSPS) is 15.2. The van der Waals surface area contributed by atoms with Gasteiger partial charge in [-0.15, -0.1) is 10.2 Å². The van der Waals surface area contributed by atoms with Crippen molar-refractivity contribution in [3.8, 4) is 28.5 Å². The lowest BCUT2D eigenvalue weighted by Gasteiger charge is -2.34. The number of piperazine rings is 1. The minimum Gasteiger partial charge on any atom is -0.497 e. The lowest BCUT2D eigenvalue weighted by molar-refractivity contribution is -0.126. The summed E-state index contributed by atoms with van der Waals surface area (Å²) < 4.78 is 16.0. The molecule has 33 heavy (non-hydrogen) atoms. The molecule has 0 unspecified atom stereocenters. The zero-order valence-electron chi connectivity index (χ0n) is 18.3. The summed E-state index contributed by atoms with van der Waals surface area (Å²) in [4.78, 5) is 16.6. The first kappa shape index (κ1) is 20.8. The first-order valence-electron chi connectivity index (χ1n) is 10.8. The highest BCUT2D eigenvalue weighted by Gasteiger charge is 2.21. The van der Waals surface area contributed by atoms with Gasteiger partial charge in [-0.25, -0.2) is 0 Å². The van der Waals surface area contributed by atoms with Gasteiger partial charge in [0.1, 0.15) is 5.75 Å². The number of nitrogens with zero attached hydrogens (tertiary/aromatic N) is 4. The highest BCUT2D eigenvalue weighted by atomic mass is 16.7. The van der Waals surface area contributed by atoms with Crippen molar-refractivity contribution in [1.82, 2.24) is 15.1 Å². The van der Waals surface area contributed by atoms with Crippen molar-refractivity contribution < 1.29 is 19.0 Å². The molecule has 1 saturated heterocycles. The zero-order chi connectivity index (χ0) is 22.6. The van der Waals surface area contributed by atoms with Gasteiger partial charge < -0.3 is 24.0 Å². The van der Waals surface area contributed by atoms with E-state index in [1.54, 1.807) is 13.2 Å². The van der Waals surface area contributed by atoms with Crippen LogP contribution in [0.3, 0.4) is 0 Å². The number of ether oxygens (including phenoxy) is 3. The largest absolute Gasteiger partial charge is 0.497 e. The minimum absolute atomic E-state index is 0.00899. The van der Waals surface area contributed by atoms with Crippen LogP contribution in [0.5, 0.6) is 17.2 Å².